The van der Waals surface area contributed by atoms with Gasteiger partial charge in [-0.2, -0.15) is 8.42 Å². The van der Waals surface area contributed by atoms with Crippen molar-refractivity contribution < 1.29 is 13.0 Å². The monoisotopic (exact) mass is 478 g/mol. The minimum absolute atomic E-state index is 0.0457. The van der Waals surface area contributed by atoms with Gasteiger partial charge in [0.15, 0.2) is 0 Å². The van der Waals surface area contributed by atoms with Gasteiger partial charge in [-0.1, -0.05) is 105 Å². The van der Waals surface area contributed by atoms with Gasteiger partial charge in [0, 0.05) is 5.39 Å². The predicted molar refractivity (Wildman–Crippen MR) is 145 cm³/mol. The van der Waals surface area contributed by atoms with Gasteiger partial charge in [-0.3, -0.25) is 4.55 Å². The van der Waals surface area contributed by atoms with Crippen molar-refractivity contribution in [3.05, 3.63) is 42.5 Å². The number of hydrogen-bond acceptors (Lipinski definition) is 2. The average Bonchev–Trinajstić information content (AvgIpc) is 3.59. The fourth-order valence-corrected chi connectivity index (χ4v) is 6.15. The molecule has 3 fully saturated rings. The molecule has 0 spiro atoms. The summed E-state index contributed by atoms with van der Waals surface area (Å²) < 4.78 is 31.0. The highest BCUT2D eigenvalue weighted by molar-refractivity contribution is 7.86. The lowest BCUT2D eigenvalue weighted by atomic mass is 9.82. The summed E-state index contributed by atoms with van der Waals surface area (Å²) in [4.78, 5) is -0.0457. The lowest BCUT2D eigenvalue weighted by Gasteiger charge is -2.23. The zero-order valence-corrected chi connectivity index (χ0v) is 23.3. The maximum absolute atomic E-state index is 11.0. The number of hydrogen-bond donors (Lipinski definition) is 1. The quantitative estimate of drug-likeness (QED) is 0.415. The molecule has 0 heterocycles. The molecular formula is C29H50O3S. The SMILES string of the molecule is C1CC2C3CCC(C3)C2C1.CC.CC.CC.CCC.O=S(=O)(O)c1cccc2ccccc12. The smallest absolute Gasteiger partial charge is 0.282 e. The molecule has 4 heteroatoms. The summed E-state index contributed by atoms with van der Waals surface area (Å²) >= 11 is 0. The zero-order chi connectivity index (χ0) is 25.4. The van der Waals surface area contributed by atoms with Gasteiger partial charge < -0.3 is 0 Å². The van der Waals surface area contributed by atoms with Crippen LogP contribution >= 0.6 is 0 Å². The Bertz CT molecular complexity index is 839. The Morgan fingerprint density at radius 3 is 1.70 bits per heavy atom. The molecular weight excluding hydrogens is 428 g/mol. The molecule has 3 nitrogen and oxygen atoms in total. The van der Waals surface area contributed by atoms with Crippen LogP contribution in [0.4, 0.5) is 0 Å². The molecule has 4 unspecified atom stereocenters. The molecule has 0 radical (unpaired) electrons. The molecule has 5 rings (SSSR count). The Kier molecular flexibility index (Phi) is 16.4. The van der Waals surface area contributed by atoms with Crippen molar-refractivity contribution in [2.24, 2.45) is 23.7 Å². The summed E-state index contributed by atoms with van der Waals surface area (Å²) in [6.07, 6.45) is 10.8. The molecule has 2 aromatic rings. The Morgan fingerprint density at radius 1 is 0.758 bits per heavy atom. The lowest BCUT2D eigenvalue weighted by molar-refractivity contribution is 0.259. The van der Waals surface area contributed by atoms with E-state index in [9.17, 15) is 8.42 Å². The van der Waals surface area contributed by atoms with Crippen LogP contribution in [0.3, 0.4) is 0 Å². The van der Waals surface area contributed by atoms with Gasteiger partial charge in [0.05, 0.1) is 0 Å². The minimum atomic E-state index is -4.13. The second-order valence-corrected chi connectivity index (χ2v) is 9.64. The zero-order valence-electron chi connectivity index (χ0n) is 22.5. The first-order valence-electron chi connectivity index (χ1n) is 13.4. The molecule has 0 amide bonds. The van der Waals surface area contributed by atoms with Crippen molar-refractivity contribution >= 4 is 20.9 Å². The van der Waals surface area contributed by atoms with Crippen LogP contribution in [0, 0.1) is 23.7 Å². The number of fused-ring (bicyclic) bond motifs is 6. The largest absolute Gasteiger partial charge is 0.295 e. The van der Waals surface area contributed by atoms with E-state index in [-0.39, 0.29) is 4.90 Å². The molecule has 2 bridgehead atoms. The third kappa shape index (κ3) is 9.05. The molecule has 0 saturated heterocycles. The molecule has 3 aliphatic rings. The van der Waals surface area contributed by atoms with Crippen LogP contribution in [-0.2, 0) is 10.1 Å². The lowest BCUT2D eigenvalue weighted by Crippen LogP contribution is -2.15. The highest BCUT2D eigenvalue weighted by Gasteiger charge is 2.48. The highest BCUT2D eigenvalue weighted by atomic mass is 32.2. The van der Waals surface area contributed by atoms with E-state index in [1.54, 1.807) is 68.9 Å². The van der Waals surface area contributed by atoms with Crippen molar-refractivity contribution in [3.8, 4) is 0 Å². The van der Waals surface area contributed by atoms with E-state index in [4.69, 9.17) is 4.55 Å². The van der Waals surface area contributed by atoms with E-state index in [0.29, 0.717) is 5.39 Å². The highest BCUT2D eigenvalue weighted by Crippen LogP contribution is 2.58. The molecule has 3 aliphatic carbocycles. The fourth-order valence-electron chi connectivity index (χ4n) is 5.44. The van der Waals surface area contributed by atoms with Crippen molar-refractivity contribution in [1.82, 2.24) is 0 Å². The maximum Gasteiger partial charge on any atom is 0.295 e. The van der Waals surface area contributed by atoms with E-state index in [1.807, 2.05) is 47.6 Å². The van der Waals surface area contributed by atoms with Gasteiger partial charge in [0.1, 0.15) is 4.90 Å². The van der Waals surface area contributed by atoms with E-state index in [2.05, 4.69) is 13.8 Å². The minimum Gasteiger partial charge on any atom is -0.282 e. The van der Waals surface area contributed by atoms with E-state index >= 15 is 0 Å². The van der Waals surface area contributed by atoms with Gasteiger partial charge in [-0.05, 0) is 67.2 Å². The van der Waals surface area contributed by atoms with Crippen molar-refractivity contribution in [2.45, 2.75) is 105 Å². The molecule has 1 N–H and O–H groups in total. The third-order valence-corrected chi connectivity index (χ3v) is 7.29. The van der Waals surface area contributed by atoms with Crippen LogP contribution < -0.4 is 0 Å². The third-order valence-electron chi connectivity index (χ3n) is 6.38. The topological polar surface area (TPSA) is 54.4 Å². The maximum atomic E-state index is 11.0. The normalized spacial score (nSPS) is 23.5. The van der Waals surface area contributed by atoms with Gasteiger partial charge >= 0.3 is 0 Å². The van der Waals surface area contributed by atoms with E-state index in [1.165, 1.54) is 36.2 Å². The van der Waals surface area contributed by atoms with Crippen LogP contribution in [-0.4, -0.2) is 13.0 Å². The molecule has 0 aliphatic heterocycles. The molecule has 190 valence electrons. The van der Waals surface area contributed by atoms with Gasteiger partial charge in [-0.25, -0.2) is 0 Å². The van der Waals surface area contributed by atoms with E-state index < -0.39 is 10.1 Å². The standard InChI is InChI=1S/C10H8O3S.C10H16.C3H8.3C2H6/c11-14(12,13)10-7-3-5-8-4-1-2-6-9(8)10;1-2-9-7-4-5-8(6-7)10(9)3-1;1-3-2;3*1-2/h1-7H,(H,11,12,13);7-10H,1-6H2;3H2,1-2H3;3*1-2H3. The van der Waals surface area contributed by atoms with Crippen molar-refractivity contribution in [3.63, 3.8) is 0 Å². The van der Waals surface area contributed by atoms with Crippen LogP contribution in [0.15, 0.2) is 47.4 Å². The molecule has 33 heavy (non-hydrogen) atoms. The summed E-state index contributed by atoms with van der Waals surface area (Å²) in [6, 6.07) is 11.8. The fraction of sp³-hybridized carbons (Fsp3) is 0.655. The second kappa shape index (κ2) is 17.1. The number of benzene rings is 2. The Morgan fingerprint density at radius 2 is 1.21 bits per heavy atom. The summed E-state index contributed by atoms with van der Waals surface area (Å²) in [5.74, 6) is 4.80. The first-order valence-corrected chi connectivity index (χ1v) is 14.8. The van der Waals surface area contributed by atoms with E-state index in [0.717, 1.165) is 5.39 Å². The predicted octanol–water partition coefficient (Wildman–Crippen LogP) is 9.41. The summed E-state index contributed by atoms with van der Waals surface area (Å²) in [7, 11) is -4.13. The summed E-state index contributed by atoms with van der Waals surface area (Å²) in [5, 5.41) is 1.33. The second-order valence-electron chi connectivity index (χ2n) is 8.25. The van der Waals surface area contributed by atoms with Crippen molar-refractivity contribution in [1.29, 1.82) is 0 Å². The van der Waals surface area contributed by atoms with Gasteiger partial charge in [0.2, 0.25) is 0 Å². The van der Waals surface area contributed by atoms with Crippen LogP contribution in [0.2, 0.25) is 0 Å². The van der Waals surface area contributed by atoms with Gasteiger partial charge in [0.25, 0.3) is 10.1 Å². The molecule has 2 aromatic carbocycles. The van der Waals surface area contributed by atoms with Gasteiger partial charge in [-0.15, -0.1) is 0 Å². The van der Waals surface area contributed by atoms with Crippen molar-refractivity contribution in [2.75, 3.05) is 0 Å². The Hall–Kier alpha value is -1.39. The van der Waals surface area contributed by atoms with Crippen LogP contribution in [0.5, 0.6) is 0 Å². The Labute approximate surface area is 205 Å². The first kappa shape index (κ1) is 31.6. The Balaban J connectivity index is 0.000000472. The molecule has 3 saturated carbocycles. The van der Waals surface area contributed by atoms with Crippen LogP contribution in [0.1, 0.15) is 100 Å². The molecule has 0 aromatic heterocycles. The number of rotatable bonds is 1. The summed E-state index contributed by atoms with van der Waals surface area (Å²) in [6.45, 7) is 16.2. The first-order chi connectivity index (χ1) is 16.0. The molecule has 4 atom stereocenters. The average molecular weight is 479 g/mol. The summed E-state index contributed by atoms with van der Waals surface area (Å²) in [5.41, 5.74) is 0. The van der Waals surface area contributed by atoms with Crippen LogP contribution in [0.25, 0.3) is 10.8 Å².